The number of hydrogen-bond donors (Lipinski definition) is 1. The molecule has 1 fully saturated rings. The van der Waals surface area contributed by atoms with Crippen molar-refractivity contribution in [3.05, 3.63) is 32.9 Å². The predicted octanol–water partition coefficient (Wildman–Crippen LogP) is 2.63. The molecule has 1 N–H and O–H groups in total. The maximum absolute atomic E-state index is 3.43. The number of nitrogens with one attached hydrogen (secondary N) is 1. The van der Waals surface area contributed by atoms with E-state index in [9.17, 15) is 0 Å². The summed E-state index contributed by atoms with van der Waals surface area (Å²) in [5.41, 5.74) is 2.89. The highest BCUT2D eigenvalue weighted by atomic mass is 127. The molecule has 0 aliphatic carbocycles. The third-order valence-electron chi connectivity index (χ3n) is 2.44. The van der Waals surface area contributed by atoms with Crippen LogP contribution in [0.2, 0.25) is 0 Å². The van der Waals surface area contributed by atoms with Gasteiger partial charge in [-0.3, -0.25) is 0 Å². The quantitative estimate of drug-likeness (QED) is 0.776. The van der Waals surface area contributed by atoms with Crippen LogP contribution in [0.25, 0.3) is 0 Å². The summed E-state index contributed by atoms with van der Waals surface area (Å²) in [5.74, 6) is 0. The summed E-state index contributed by atoms with van der Waals surface area (Å²) in [4.78, 5) is 0. The van der Waals surface area contributed by atoms with Gasteiger partial charge in [0.1, 0.15) is 0 Å². The zero-order valence-electron chi connectivity index (χ0n) is 7.10. The van der Waals surface area contributed by atoms with Crippen molar-refractivity contribution in [2.75, 3.05) is 6.54 Å². The van der Waals surface area contributed by atoms with Crippen LogP contribution in [0.1, 0.15) is 23.6 Å². The third-order valence-corrected chi connectivity index (χ3v) is 3.11. The first-order valence-corrected chi connectivity index (χ1v) is 5.34. The van der Waals surface area contributed by atoms with Crippen LogP contribution in [0.5, 0.6) is 0 Å². The van der Waals surface area contributed by atoms with Gasteiger partial charge in [-0.2, -0.15) is 0 Å². The van der Waals surface area contributed by atoms with Gasteiger partial charge in [0.2, 0.25) is 0 Å². The Morgan fingerprint density at radius 1 is 1.50 bits per heavy atom. The maximum Gasteiger partial charge on any atom is 0.0335 e. The molecule has 1 aliphatic heterocycles. The molecule has 12 heavy (non-hydrogen) atoms. The fourth-order valence-corrected chi connectivity index (χ4v) is 2.06. The molecule has 1 aromatic rings. The average molecular weight is 273 g/mol. The van der Waals surface area contributed by atoms with Crippen molar-refractivity contribution in [3.63, 3.8) is 0 Å². The van der Waals surface area contributed by atoms with Crippen LogP contribution >= 0.6 is 22.6 Å². The van der Waals surface area contributed by atoms with Gasteiger partial charge in [0.25, 0.3) is 0 Å². The highest BCUT2D eigenvalue weighted by Gasteiger charge is 2.19. The first-order chi connectivity index (χ1) is 5.77. The molecule has 0 unspecified atom stereocenters. The highest BCUT2D eigenvalue weighted by Crippen LogP contribution is 2.26. The molecule has 0 radical (unpaired) electrons. The summed E-state index contributed by atoms with van der Waals surface area (Å²) in [6.07, 6.45) is 1.29. The molecular formula is C10H12IN. The smallest absolute Gasteiger partial charge is 0.0335 e. The van der Waals surface area contributed by atoms with E-state index < -0.39 is 0 Å². The molecule has 0 bridgehead atoms. The zero-order valence-corrected chi connectivity index (χ0v) is 9.26. The van der Waals surface area contributed by atoms with Gasteiger partial charge in [0, 0.05) is 9.61 Å². The van der Waals surface area contributed by atoms with Crippen molar-refractivity contribution in [1.82, 2.24) is 5.32 Å². The number of aryl methyl sites for hydroxylation is 1. The Balaban J connectivity index is 2.34. The predicted molar refractivity (Wildman–Crippen MR) is 59.3 cm³/mol. The molecular weight excluding hydrogens is 261 g/mol. The lowest BCUT2D eigenvalue weighted by Gasteiger charge is -2.29. The van der Waals surface area contributed by atoms with Gasteiger partial charge in [-0.15, -0.1) is 0 Å². The number of benzene rings is 1. The van der Waals surface area contributed by atoms with Gasteiger partial charge < -0.3 is 5.32 Å². The van der Waals surface area contributed by atoms with Gasteiger partial charge in [0.15, 0.2) is 0 Å². The van der Waals surface area contributed by atoms with E-state index in [1.54, 1.807) is 0 Å². The topological polar surface area (TPSA) is 12.0 Å². The lowest BCUT2D eigenvalue weighted by atomic mass is 9.94. The maximum atomic E-state index is 3.43. The molecule has 64 valence electrons. The van der Waals surface area contributed by atoms with Gasteiger partial charge in [0.05, 0.1) is 0 Å². The summed E-state index contributed by atoms with van der Waals surface area (Å²) in [6.45, 7) is 3.36. The Hall–Kier alpha value is -0.0900. The molecule has 0 spiro atoms. The number of hydrogen-bond acceptors (Lipinski definition) is 1. The van der Waals surface area contributed by atoms with Crippen molar-refractivity contribution in [2.24, 2.45) is 0 Å². The largest absolute Gasteiger partial charge is 0.310 e. The van der Waals surface area contributed by atoms with Gasteiger partial charge in [-0.25, -0.2) is 0 Å². The Bertz CT molecular complexity index is 292. The first-order valence-electron chi connectivity index (χ1n) is 4.27. The lowest BCUT2D eigenvalue weighted by molar-refractivity contribution is 0.382. The zero-order chi connectivity index (χ0) is 8.55. The summed E-state index contributed by atoms with van der Waals surface area (Å²) in [7, 11) is 0. The second kappa shape index (κ2) is 3.34. The van der Waals surface area contributed by atoms with Crippen LogP contribution in [0.4, 0.5) is 0 Å². The highest BCUT2D eigenvalue weighted by molar-refractivity contribution is 14.1. The van der Waals surface area contributed by atoms with Gasteiger partial charge in [-0.1, -0.05) is 6.07 Å². The SMILES string of the molecule is Cc1ccc(I)cc1[C@@H]1CCN1. The van der Waals surface area contributed by atoms with E-state index in [1.807, 2.05) is 0 Å². The normalized spacial score (nSPS) is 22.0. The molecule has 1 aliphatic rings. The van der Waals surface area contributed by atoms with Crippen molar-refractivity contribution < 1.29 is 0 Å². The van der Waals surface area contributed by atoms with Crippen molar-refractivity contribution in [1.29, 1.82) is 0 Å². The van der Waals surface area contributed by atoms with E-state index in [-0.39, 0.29) is 0 Å². The minimum Gasteiger partial charge on any atom is -0.310 e. The van der Waals surface area contributed by atoms with Crippen LogP contribution in [0.15, 0.2) is 18.2 Å². The van der Waals surface area contributed by atoms with E-state index in [1.165, 1.54) is 27.7 Å². The average Bonchev–Trinajstić information content (AvgIpc) is 1.93. The Kier molecular flexibility index (Phi) is 2.37. The van der Waals surface area contributed by atoms with Gasteiger partial charge in [-0.05, 0) is 65.7 Å². The molecule has 1 aromatic carbocycles. The van der Waals surface area contributed by atoms with Crippen LogP contribution in [0, 0.1) is 10.5 Å². The molecule has 1 nitrogen and oxygen atoms in total. The minimum atomic E-state index is 0.625. The van der Waals surface area contributed by atoms with Crippen molar-refractivity contribution in [3.8, 4) is 0 Å². The van der Waals surface area contributed by atoms with Crippen molar-refractivity contribution in [2.45, 2.75) is 19.4 Å². The second-order valence-electron chi connectivity index (χ2n) is 3.30. The second-order valence-corrected chi connectivity index (χ2v) is 4.54. The van der Waals surface area contributed by atoms with Gasteiger partial charge >= 0.3 is 0 Å². The molecule has 1 heterocycles. The van der Waals surface area contributed by atoms with E-state index in [4.69, 9.17) is 0 Å². The molecule has 2 heteroatoms. The summed E-state index contributed by atoms with van der Waals surface area (Å²) < 4.78 is 1.34. The fraction of sp³-hybridized carbons (Fsp3) is 0.400. The molecule has 2 rings (SSSR count). The standard InChI is InChI=1S/C10H12IN/c1-7-2-3-8(11)6-9(7)10-4-5-12-10/h2-3,6,10,12H,4-5H2,1H3/t10-/m0/s1. The summed E-state index contributed by atoms with van der Waals surface area (Å²) in [6, 6.07) is 7.28. The monoisotopic (exact) mass is 273 g/mol. The molecule has 1 atom stereocenters. The Morgan fingerprint density at radius 2 is 2.25 bits per heavy atom. The lowest BCUT2D eigenvalue weighted by Crippen LogP contribution is -2.35. The van der Waals surface area contributed by atoms with Crippen LogP contribution < -0.4 is 5.32 Å². The van der Waals surface area contributed by atoms with Crippen LogP contribution in [-0.4, -0.2) is 6.54 Å². The van der Waals surface area contributed by atoms with Crippen LogP contribution in [-0.2, 0) is 0 Å². The molecule has 0 aromatic heterocycles. The molecule has 0 saturated carbocycles. The van der Waals surface area contributed by atoms with E-state index in [0.717, 1.165) is 0 Å². The first kappa shape index (κ1) is 8.51. The van der Waals surface area contributed by atoms with Crippen LogP contribution in [0.3, 0.4) is 0 Å². The van der Waals surface area contributed by atoms with E-state index in [2.05, 4.69) is 53.0 Å². The molecule has 0 amide bonds. The number of halogens is 1. The third kappa shape index (κ3) is 1.50. The van der Waals surface area contributed by atoms with E-state index in [0.29, 0.717) is 6.04 Å². The minimum absolute atomic E-state index is 0.625. The van der Waals surface area contributed by atoms with E-state index >= 15 is 0 Å². The van der Waals surface area contributed by atoms with Crippen molar-refractivity contribution >= 4 is 22.6 Å². The summed E-state index contributed by atoms with van der Waals surface area (Å²) >= 11 is 2.37. The number of rotatable bonds is 1. The molecule has 1 saturated heterocycles. The Morgan fingerprint density at radius 3 is 2.83 bits per heavy atom. The Labute approximate surface area is 86.7 Å². The fourth-order valence-electron chi connectivity index (χ4n) is 1.54. The summed E-state index contributed by atoms with van der Waals surface area (Å²) in [5, 5.41) is 3.43.